The minimum Gasteiger partial charge on any atom is -0.463 e. The van der Waals surface area contributed by atoms with Gasteiger partial charge in [0.05, 0.1) is 38.9 Å². The Labute approximate surface area is 233 Å². The van der Waals surface area contributed by atoms with Crippen LogP contribution in [0, 0.1) is 10.1 Å². The lowest BCUT2D eigenvalue weighted by Gasteiger charge is -2.25. The quantitative estimate of drug-likeness (QED) is 0.178. The number of nitrogens with zero attached hydrogens (tertiary/aromatic N) is 3. The molecule has 2 aromatic heterocycles. The molecule has 0 saturated heterocycles. The molecule has 0 aliphatic carbocycles. The fraction of sp³-hybridized carbons (Fsp3) is 0.233. The molecule has 0 saturated carbocycles. The van der Waals surface area contributed by atoms with E-state index in [4.69, 9.17) is 9.15 Å². The predicted molar refractivity (Wildman–Crippen MR) is 152 cm³/mol. The van der Waals surface area contributed by atoms with Crippen molar-refractivity contribution in [2.24, 2.45) is 4.99 Å². The minimum absolute atomic E-state index is 0.0757. The van der Waals surface area contributed by atoms with Crippen molar-refractivity contribution in [1.82, 2.24) is 4.57 Å². The first kappa shape index (κ1) is 27.0. The largest absolute Gasteiger partial charge is 0.463 e. The highest BCUT2D eigenvalue weighted by molar-refractivity contribution is 7.07. The summed E-state index contributed by atoms with van der Waals surface area (Å²) < 4.78 is 13.1. The van der Waals surface area contributed by atoms with Gasteiger partial charge < -0.3 is 9.15 Å². The van der Waals surface area contributed by atoms with E-state index in [0.717, 1.165) is 11.1 Å². The summed E-state index contributed by atoms with van der Waals surface area (Å²) in [5, 5.41) is 11.5. The van der Waals surface area contributed by atoms with E-state index in [1.54, 1.807) is 50.3 Å². The van der Waals surface area contributed by atoms with E-state index in [0.29, 0.717) is 43.6 Å². The lowest BCUT2D eigenvalue weighted by Crippen LogP contribution is -2.39. The number of hydrogen-bond donors (Lipinski definition) is 0. The maximum atomic E-state index is 13.8. The van der Waals surface area contributed by atoms with E-state index in [-0.39, 0.29) is 17.9 Å². The number of benzene rings is 2. The van der Waals surface area contributed by atoms with E-state index in [2.05, 4.69) is 18.8 Å². The number of ether oxygens (including phenoxy) is 1. The Kier molecular flexibility index (Phi) is 7.36. The van der Waals surface area contributed by atoms with Gasteiger partial charge in [0.25, 0.3) is 11.2 Å². The Morgan fingerprint density at radius 3 is 2.58 bits per heavy atom. The first-order chi connectivity index (χ1) is 19.2. The van der Waals surface area contributed by atoms with Crippen LogP contribution >= 0.6 is 11.3 Å². The third-order valence-corrected chi connectivity index (χ3v) is 7.69. The van der Waals surface area contributed by atoms with Crippen molar-refractivity contribution in [2.45, 2.75) is 39.7 Å². The number of thiazole rings is 1. The van der Waals surface area contributed by atoms with Gasteiger partial charge in [-0.3, -0.25) is 19.5 Å². The molecule has 0 radical (unpaired) electrons. The lowest BCUT2D eigenvalue weighted by molar-refractivity contribution is -0.384. The average Bonchev–Trinajstić information content (AvgIpc) is 3.52. The number of fused-ring (bicyclic) bond motifs is 1. The van der Waals surface area contributed by atoms with Gasteiger partial charge in [0.2, 0.25) is 0 Å². The van der Waals surface area contributed by atoms with Gasteiger partial charge in [0.1, 0.15) is 11.5 Å². The topological polar surface area (TPSA) is 117 Å². The number of nitro groups is 1. The van der Waals surface area contributed by atoms with E-state index in [1.807, 2.05) is 24.3 Å². The SMILES string of the molecule is CCOC(=O)C1=C(C)N=c2s/c(=C\c3ccc(-c4ccccc4[N+](=O)[O-])o3)c(=O)n2[C@H]1c1ccc(C(C)C)cc1. The van der Waals surface area contributed by atoms with Crippen LogP contribution in [0.5, 0.6) is 0 Å². The van der Waals surface area contributed by atoms with Crippen LogP contribution < -0.4 is 14.9 Å². The average molecular weight is 558 g/mol. The number of para-hydroxylation sites is 1. The number of rotatable bonds is 7. The minimum atomic E-state index is -0.710. The van der Waals surface area contributed by atoms with Crippen LogP contribution in [0.3, 0.4) is 0 Å². The van der Waals surface area contributed by atoms with Crippen LogP contribution in [0.1, 0.15) is 56.5 Å². The summed E-state index contributed by atoms with van der Waals surface area (Å²) >= 11 is 1.18. The molecule has 5 rings (SSSR count). The van der Waals surface area contributed by atoms with Crippen molar-refractivity contribution in [3.05, 3.63) is 119 Å². The standard InChI is InChI=1S/C30H27N3O6S/c1-5-38-29(35)26-18(4)31-30-32(27(26)20-12-10-19(11-13-20)17(2)3)28(34)25(40-30)16-21-14-15-24(39-21)22-8-6-7-9-23(22)33(36)37/h6-17,27H,5H2,1-4H3/b25-16-/t27-/m0/s1. The van der Waals surface area contributed by atoms with Crippen molar-refractivity contribution in [3.8, 4) is 11.3 Å². The Balaban J connectivity index is 1.63. The number of carbonyl (C=O) groups is 1. The number of hydrogen-bond acceptors (Lipinski definition) is 8. The molecule has 4 aromatic rings. The molecular weight excluding hydrogens is 530 g/mol. The van der Waals surface area contributed by atoms with Gasteiger partial charge in [-0.05, 0) is 49.1 Å². The molecule has 0 unspecified atom stereocenters. The molecule has 0 bridgehead atoms. The van der Waals surface area contributed by atoms with Crippen molar-refractivity contribution in [1.29, 1.82) is 0 Å². The van der Waals surface area contributed by atoms with E-state index < -0.39 is 16.9 Å². The Hall–Kier alpha value is -4.57. The first-order valence-electron chi connectivity index (χ1n) is 12.8. The molecule has 9 nitrogen and oxygen atoms in total. The maximum absolute atomic E-state index is 13.8. The molecule has 1 aliphatic heterocycles. The number of allylic oxidation sites excluding steroid dienone is 1. The van der Waals surface area contributed by atoms with Crippen molar-refractivity contribution < 1.29 is 18.9 Å². The number of carbonyl (C=O) groups excluding carboxylic acids is 1. The van der Waals surface area contributed by atoms with E-state index in [9.17, 15) is 19.7 Å². The first-order valence-corrected chi connectivity index (χ1v) is 13.6. The molecule has 3 heterocycles. The van der Waals surface area contributed by atoms with Gasteiger partial charge in [-0.2, -0.15) is 0 Å². The number of aromatic nitrogens is 1. The normalized spacial score (nSPS) is 15.2. The number of furan rings is 1. The smallest absolute Gasteiger partial charge is 0.338 e. The van der Waals surface area contributed by atoms with E-state index >= 15 is 0 Å². The highest BCUT2D eigenvalue weighted by atomic mass is 32.1. The third kappa shape index (κ3) is 4.93. The molecule has 40 heavy (non-hydrogen) atoms. The molecule has 2 aromatic carbocycles. The van der Waals surface area contributed by atoms with Crippen LogP contribution in [-0.2, 0) is 9.53 Å². The van der Waals surface area contributed by atoms with E-state index in [1.165, 1.54) is 22.0 Å². The van der Waals surface area contributed by atoms with Gasteiger partial charge >= 0.3 is 5.97 Å². The molecule has 0 fully saturated rings. The summed E-state index contributed by atoms with van der Waals surface area (Å²) in [4.78, 5) is 42.9. The molecule has 10 heteroatoms. The highest BCUT2D eigenvalue weighted by Gasteiger charge is 2.33. The van der Waals surface area contributed by atoms with Gasteiger partial charge in [-0.1, -0.05) is 61.6 Å². The molecule has 1 aliphatic rings. The van der Waals surface area contributed by atoms with Crippen LogP contribution in [0.2, 0.25) is 0 Å². The monoisotopic (exact) mass is 557 g/mol. The van der Waals surface area contributed by atoms with Crippen LogP contribution in [0.25, 0.3) is 17.4 Å². The van der Waals surface area contributed by atoms with Crippen LogP contribution in [0.15, 0.2) is 86.1 Å². The number of esters is 1. The zero-order chi connectivity index (χ0) is 28.6. The second-order valence-corrected chi connectivity index (χ2v) is 10.6. The highest BCUT2D eigenvalue weighted by Crippen LogP contribution is 2.32. The second-order valence-electron chi connectivity index (χ2n) is 9.60. The summed E-state index contributed by atoms with van der Waals surface area (Å²) in [6.45, 7) is 7.87. The third-order valence-electron chi connectivity index (χ3n) is 6.70. The molecule has 0 N–H and O–H groups in total. The van der Waals surface area contributed by atoms with Gasteiger partial charge in [0.15, 0.2) is 4.80 Å². The zero-order valence-electron chi connectivity index (χ0n) is 22.4. The van der Waals surface area contributed by atoms with Gasteiger partial charge in [-0.25, -0.2) is 9.79 Å². The second kappa shape index (κ2) is 10.9. The molecule has 0 amide bonds. The summed E-state index contributed by atoms with van der Waals surface area (Å²) in [6.07, 6.45) is 1.59. The molecule has 204 valence electrons. The summed E-state index contributed by atoms with van der Waals surface area (Å²) in [5.74, 6) is 0.483. The number of nitro benzene ring substituents is 1. The van der Waals surface area contributed by atoms with Crippen molar-refractivity contribution >= 4 is 29.1 Å². The zero-order valence-corrected chi connectivity index (χ0v) is 23.2. The molecule has 1 atom stereocenters. The Morgan fingerprint density at radius 1 is 1.18 bits per heavy atom. The fourth-order valence-electron chi connectivity index (χ4n) is 4.72. The summed E-state index contributed by atoms with van der Waals surface area (Å²) in [5.41, 5.74) is 2.64. The Morgan fingerprint density at radius 2 is 1.90 bits per heavy atom. The predicted octanol–water partition coefficient (Wildman–Crippen LogP) is 5.09. The Bertz CT molecular complexity index is 1830. The van der Waals surface area contributed by atoms with Crippen molar-refractivity contribution in [2.75, 3.05) is 6.61 Å². The summed E-state index contributed by atoms with van der Waals surface area (Å²) in [7, 11) is 0. The molecular formula is C30H27N3O6S. The fourth-order valence-corrected chi connectivity index (χ4v) is 5.74. The lowest BCUT2D eigenvalue weighted by atomic mass is 9.93. The van der Waals surface area contributed by atoms with Crippen LogP contribution in [0.4, 0.5) is 5.69 Å². The maximum Gasteiger partial charge on any atom is 0.338 e. The molecule has 0 spiro atoms. The van der Waals surface area contributed by atoms with Gasteiger partial charge in [-0.15, -0.1) is 0 Å². The van der Waals surface area contributed by atoms with Gasteiger partial charge in [0, 0.05) is 12.1 Å². The summed E-state index contributed by atoms with van der Waals surface area (Å²) in [6, 6.07) is 16.7. The van der Waals surface area contributed by atoms with Crippen molar-refractivity contribution in [3.63, 3.8) is 0 Å². The van der Waals surface area contributed by atoms with Crippen LogP contribution in [-0.4, -0.2) is 22.1 Å².